The summed E-state index contributed by atoms with van der Waals surface area (Å²) < 4.78 is 5.24. The molecule has 0 N–H and O–H groups in total. The maximum atomic E-state index is 10.6. The zero-order valence-corrected chi connectivity index (χ0v) is 11.4. The molecule has 1 aromatic heterocycles. The number of nitro groups is 1. The second-order valence-electron chi connectivity index (χ2n) is 4.36. The first-order valence-corrected chi connectivity index (χ1v) is 6.48. The minimum absolute atomic E-state index is 0.0756. The summed E-state index contributed by atoms with van der Waals surface area (Å²) in [4.78, 5) is 14.0. The normalized spacial score (nSPS) is 10.5. The van der Waals surface area contributed by atoms with Crippen LogP contribution < -0.4 is 0 Å². The first-order valence-electron chi connectivity index (χ1n) is 6.10. The fourth-order valence-electron chi connectivity index (χ4n) is 1.99. The topological polar surface area (TPSA) is 69.2 Å². The van der Waals surface area contributed by atoms with E-state index in [-0.39, 0.29) is 11.0 Å². The second kappa shape index (κ2) is 5.38. The van der Waals surface area contributed by atoms with Gasteiger partial charge in [0.1, 0.15) is 0 Å². The summed E-state index contributed by atoms with van der Waals surface area (Å²) in [7, 11) is 0. The van der Waals surface area contributed by atoms with Gasteiger partial charge in [0.15, 0.2) is 5.76 Å². The maximum absolute atomic E-state index is 10.6. The van der Waals surface area contributed by atoms with Crippen molar-refractivity contribution < 1.29 is 9.34 Å². The van der Waals surface area contributed by atoms with Crippen molar-refractivity contribution in [3.05, 3.63) is 70.2 Å². The summed E-state index contributed by atoms with van der Waals surface area (Å²) in [6, 6.07) is 14.0. The number of hydrogen-bond acceptors (Lipinski definition) is 4. The molecule has 0 amide bonds. The van der Waals surface area contributed by atoms with Gasteiger partial charge in [-0.15, -0.1) is 0 Å². The van der Waals surface area contributed by atoms with E-state index in [1.807, 2.05) is 24.3 Å². The molecule has 3 aromatic rings. The summed E-state index contributed by atoms with van der Waals surface area (Å²) >= 11 is 5.65. The molecular weight excluding hydrogens is 292 g/mol. The molecule has 0 aliphatic rings. The van der Waals surface area contributed by atoms with Crippen molar-refractivity contribution in [3.8, 4) is 22.5 Å². The van der Waals surface area contributed by atoms with Crippen LogP contribution in [0.3, 0.4) is 0 Å². The Bertz CT molecular complexity index is 779. The summed E-state index contributed by atoms with van der Waals surface area (Å²) in [5.74, 6) is 0.593. The molecule has 0 unspecified atom stereocenters. The molecule has 0 fully saturated rings. The van der Waals surface area contributed by atoms with Gasteiger partial charge in [-0.05, 0) is 34.9 Å². The van der Waals surface area contributed by atoms with Gasteiger partial charge in [-0.2, -0.15) is 0 Å². The van der Waals surface area contributed by atoms with Crippen molar-refractivity contribution in [2.45, 2.75) is 0 Å². The zero-order chi connectivity index (χ0) is 14.8. The molecule has 0 atom stereocenters. The van der Waals surface area contributed by atoms with E-state index in [1.54, 1.807) is 18.3 Å². The largest absolute Gasteiger partial charge is 0.428 e. The molecule has 21 heavy (non-hydrogen) atoms. The van der Waals surface area contributed by atoms with Crippen LogP contribution in [0, 0.1) is 10.1 Å². The fourth-order valence-corrected chi connectivity index (χ4v) is 2.12. The van der Waals surface area contributed by atoms with Gasteiger partial charge >= 0.3 is 0 Å². The molecule has 0 saturated carbocycles. The van der Waals surface area contributed by atoms with Crippen molar-refractivity contribution in [2.24, 2.45) is 0 Å². The fraction of sp³-hybridized carbons (Fsp3) is 0. The average molecular weight is 301 g/mol. The highest BCUT2D eigenvalue weighted by Gasteiger charge is 2.07. The molecule has 5 nitrogen and oxygen atoms in total. The van der Waals surface area contributed by atoms with Crippen molar-refractivity contribution in [1.82, 2.24) is 4.98 Å². The molecule has 3 rings (SSSR count). The van der Waals surface area contributed by atoms with E-state index in [1.165, 1.54) is 12.1 Å². The third kappa shape index (κ3) is 2.78. The summed E-state index contributed by atoms with van der Waals surface area (Å²) in [5, 5.41) is 10.7. The molecule has 0 spiro atoms. The first kappa shape index (κ1) is 13.3. The van der Waals surface area contributed by atoms with Crippen LogP contribution in [0.2, 0.25) is 5.35 Å². The van der Waals surface area contributed by atoms with Crippen molar-refractivity contribution in [3.63, 3.8) is 0 Å². The van der Waals surface area contributed by atoms with Crippen LogP contribution >= 0.6 is 11.6 Å². The maximum Gasteiger partial charge on any atom is 0.292 e. The van der Waals surface area contributed by atoms with Crippen LogP contribution in [0.4, 0.5) is 5.69 Å². The third-order valence-corrected chi connectivity index (χ3v) is 3.23. The minimum atomic E-state index is -0.416. The second-order valence-corrected chi connectivity index (χ2v) is 4.68. The molecule has 2 aromatic carbocycles. The number of rotatable bonds is 3. The van der Waals surface area contributed by atoms with Gasteiger partial charge < -0.3 is 4.42 Å². The van der Waals surface area contributed by atoms with E-state index in [0.29, 0.717) is 5.76 Å². The lowest BCUT2D eigenvalue weighted by Crippen LogP contribution is -1.87. The van der Waals surface area contributed by atoms with Crippen LogP contribution in [-0.2, 0) is 0 Å². The lowest BCUT2D eigenvalue weighted by atomic mass is 10.0. The Kier molecular flexibility index (Phi) is 3.41. The van der Waals surface area contributed by atoms with Crippen molar-refractivity contribution in [2.75, 3.05) is 0 Å². The van der Waals surface area contributed by atoms with Gasteiger partial charge in [-0.25, -0.2) is 4.98 Å². The highest BCUT2D eigenvalue weighted by atomic mass is 35.5. The number of benzene rings is 2. The SMILES string of the molecule is O=[N+]([O-])c1ccc(-c2ccc(-c3cnc(Cl)o3)cc2)cc1. The Balaban J connectivity index is 1.88. The number of nitrogens with zero attached hydrogens (tertiary/aromatic N) is 2. The average Bonchev–Trinajstić information content (AvgIpc) is 2.94. The Morgan fingerprint density at radius 1 is 0.952 bits per heavy atom. The van der Waals surface area contributed by atoms with Gasteiger partial charge in [-0.1, -0.05) is 24.3 Å². The number of halogens is 1. The predicted molar refractivity (Wildman–Crippen MR) is 79.0 cm³/mol. The lowest BCUT2D eigenvalue weighted by molar-refractivity contribution is -0.384. The monoisotopic (exact) mass is 300 g/mol. The van der Waals surface area contributed by atoms with Gasteiger partial charge in [0.05, 0.1) is 11.1 Å². The molecule has 6 heteroatoms. The van der Waals surface area contributed by atoms with E-state index in [9.17, 15) is 10.1 Å². The van der Waals surface area contributed by atoms with Gasteiger partial charge in [0.25, 0.3) is 11.0 Å². The first-order chi connectivity index (χ1) is 10.1. The zero-order valence-electron chi connectivity index (χ0n) is 10.7. The Morgan fingerprint density at radius 3 is 1.95 bits per heavy atom. The molecule has 0 saturated heterocycles. The van der Waals surface area contributed by atoms with E-state index in [2.05, 4.69) is 4.98 Å². The molecule has 0 aliphatic heterocycles. The molecule has 0 bridgehead atoms. The third-order valence-electron chi connectivity index (χ3n) is 3.06. The molecule has 1 heterocycles. The van der Waals surface area contributed by atoms with Crippen LogP contribution in [0.5, 0.6) is 0 Å². The van der Waals surface area contributed by atoms with Gasteiger partial charge in [0.2, 0.25) is 0 Å². The number of nitro benzene ring substituents is 1. The molecule has 104 valence electrons. The van der Waals surface area contributed by atoms with Crippen molar-refractivity contribution in [1.29, 1.82) is 0 Å². The number of hydrogen-bond donors (Lipinski definition) is 0. The van der Waals surface area contributed by atoms with Crippen LogP contribution in [0.15, 0.2) is 59.1 Å². The predicted octanol–water partition coefficient (Wildman–Crippen LogP) is 4.57. The lowest BCUT2D eigenvalue weighted by Gasteiger charge is -2.02. The summed E-state index contributed by atoms with van der Waals surface area (Å²) in [5.41, 5.74) is 2.80. The number of aromatic nitrogens is 1. The van der Waals surface area contributed by atoms with Crippen LogP contribution in [-0.4, -0.2) is 9.91 Å². The highest BCUT2D eigenvalue weighted by Crippen LogP contribution is 2.27. The van der Waals surface area contributed by atoms with E-state index in [4.69, 9.17) is 16.0 Å². The Labute approximate surface area is 125 Å². The summed E-state index contributed by atoms with van der Waals surface area (Å²) in [6.45, 7) is 0. The highest BCUT2D eigenvalue weighted by molar-refractivity contribution is 6.27. The van der Waals surface area contributed by atoms with E-state index in [0.717, 1.165) is 16.7 Å². The Morgan fingerprint density at radius 2 is 1.48 bits per heavy atom. The number of oxazole rings is 1. The van der Waals surface area contributed by atoms with Gasteiger partial charge in [0, 0.05) is 17.7 Å². The standard InChI is InChI=1S/C15H9ClN2O3/c16-15-17-9-14(21-15)12-3-1-10(2-4-12)11-5-7-13(8-6-11)18(19)20/h1-9H. The molecule has 0 radical (unpaired) electrons. The number of non-ortho nitro benzene ring substituents is 1. The molecular formula is C15H9ClN2O3. The van der Waals surface area contributed by atoms with Gasteiger partial charge in [-0.3, -0.25) is 10.1 Å². The smallest absolute Gasteiger partial charge is 0.292 e. The quantitative estimate of drug-likeness (QED) is 0.525. The van der Waals surface area contributed by atoms with E-state index >= 15 is 0 Å². The van der Waals surface area contributed by atoms with Crippen LogP contribution in [0.1, 0.15) is 0 Å². The summed E-state index contributed by atoms with van der Waals surface area (Å²) in [6.07, 6.45) is 1.56. The minimum Gasteiger partial charge on any atom is -0.428 e. The van der Waals surface area contributed by atoms with Crippen LogP contribution in [0.25, 0.3) is 22.5 Å². The Hall–Kier alpha value is -2.66. The van der Waals surface area contributed by atoms with Crippen molar-refractivity contribution >= 4 is 17.3 Å². The molecule has 0 aliphatic carbocycles. The van der Waals surface area contributed by atoms with E-state index < -0.39 is 4.92 Å².